The number of nitrogens with zero attached hydrogens (tertiary/aromatic N) is 2. The zero-order valence-electron chi connectivity index (χ0n) is 11.9. The highest BCUT2D eigenvalue weighted by Crippen LogP contribution is 2.39. The molecule has 0 aliphatic heterocycles. The maximum absolute atomic E-state index is 14.1. The Hall–Kier alpha value is -2.33. The van der Waals surface area contributed by atoms with E-state index >= 15 is 0 Å². The number of allylic oxidation sites excluding steroid dienone is 4. The van der Waals surface area contributed by atoms with E-state index in [2.05, 4.69) is 23.4 Å². The summed E-state index contributed by atoms with van der Waals surface area (Å²) < 4.78 is 27.9. The summed E-state index contributed by atoms with van der Waals surface area (Å²) in [6, 6.07) is 9.06. The summed E-state index contributed by atoms with van der Waals surface area (Å²) >= 11 is 6.07. The Morgan fingerprint density at radius 2 is 1.82 bits per heavy atom. The van der Waals surface area contributed by atoms with Gasteiger partial charge in [-0.3, -0.25) is 0 Å². The van der Waals surface area contributed by atoms with Gasteiger partial charge < -0.3 is 0 Å². The molecule has 0 atom stereocenters. The fraction of sp³-hybridized carbons (Fsp3) is 0.0588. The first-order chi connectivity index (χ1) is 10.5. The van der Waals surface area contributed by atoms with Crippen molar-refractivity contribution in [2.24, 2.45) is 0 Å². The van der Waals surface area contributed by atoms with E-state index in [9.17, 15) is 8.78 Å². The van der Waals surface area contributed by atoms with Gasteiger partial charge in [-0.05, 0) is 18.6 Å². The van der Waals surface area contributed by atoms with Crippen molar-refractivity contribution >= 4 is 17.2 Å². The van der Waals surface area contributed by atoms with Crippen molar-refractivity contribution in [2.75, 3.05) is 0 Å². The fourth-order valence-electron chi connectivity index (χ4n) is 2.18. The maximum atomic E-state index is 14.1. The largest absolute Gasteiger partial charge is 0.207 e. The first kappa shape index (κ1) is 16.0. The van der Waals surface area contributed by atoms with Gasteiger partial charge in [0.15, 0.2) is 5.15 Å². The molecule has 0 aliphatic rings. The van der Waals surface area contributed by atoms with Crippen LogP contribution in [-0.4, -0.2) is 10.2 Å². The van der Waals surface area contributed by atoms with Crippen LogP contribution >= 0.6 is 11.6 Å². The number of hydrogen-bond acceptors (Lipinski definition) is 2. The van der Waals surface area contributed by atoms with Gasteiger partial charge in [-0.15, -0.1) is 5.10 Å². The number of rotatable bonds is 4. The minimum Gasteiger partial charge on any atom is -0.207 e. The minimum atomic E-state index is -0.955. The molecule has 0 saturated heterocycles. The van der Waals surface area contributed by atoms with Gasteiger partial charge in [-0.1, -0.05) is 55.1 Å². The van der Waals surface area contributed by atoms with Crippen LogP contribution in [0.4, 0.5) is 8.78 Å². The van der Waals surface area contributed by atoms with Crippen LogP contribution < -0.4 is 0 Å². The van der Waals surface area contributed by atoms with Crippen molar-refractivity contribution in [3.63, 3.8) is 0 Å². The van der Waals surface area contributed by atoms with E-state index in [1.807, 2.05) is 18.2 Å². The molecule has 1 aromatic heterocycles. The molecule has 5 heteroatoms. The number of aryl methyl sites for hydroxylation is 1. The lowest BCUT2D eigenvalue weighted by atomic mass is 9.94. The summed E-state index contributed by atoms with van der Waals surface area (Å²) in [5.41, 5.74) is 1.48. The highest BCUT2D eigenvalue weighted by molar-refractivity contribution is 6.32. The molecule has 112 valence electrons. The molecule has 2 nitrogen and oxygen atoms in total. The van der Waals surface area contributed by atoms with Gasteiger partial charge in [0.1, 0.15) is 11.7 Å². The smallest absolute Gasteiger partial charge is 0.160 e. The lowest BCUT2D eigenvalue weighted by Gasteiger charge is -2.15. The second kappa shape index (κ2) is 6.62. The molecule has 0 aliphatic carbocycles. The van der Waals surface area contributed by atoms with Gasteiger partial charge in [0.2, 0.25) is 0 Å². The van der Waals surface area contributed by atoms with Crippen LogP contribution in [0, 0.1) is 6.92 Å². The molecule has 0 radical (unpaired) electrons. The Kier molecular flexibility index (Phi) is 4.83. The van der Waals surface area contributed by atoms with E-state index in [0.717, 1.165) is 11.6 Å². The second-order valence-electron chi connectivity index (χ2n) is 4.52. The lowest BCUT2D eigenvalue weighted by Crippen LogP contribution is -2.01. The van der Waals surface area contributed by atoms with Crippen molar-refractivity contribution in [1.82, 2.24) is 10.2 Å². The molecule has 0 fully saturated rings. The van der Waals surface area contributed by atoms with E-state index in [1.54, 1.807) is 19.1 Å². The van der Waals surface area contributed by atoms with E-state index in [-0.39, 0.29) is 16.3 Å². The zero-order valence-corrected chi connectivity index (χ0v) is 12.7. The van der Waals surface area contributed by atoms with E-state index in [4.69, 9.17) is 11.6 Å². The number of hydrogen-bond donors (Lipinski definition) is 0. The van der Waals surface area contributed by atoms with E-state index in [0.29, 0.717) is 11.3 Å². The Balaban J connectivity index is 2.90. The highest BCUT2D eigenvalue weighted by atomic mass is 35.5. The molecule has 0 amide bonds. The van der Waals surface area contributed by atoms with Crippen LogP contribution in [0.25, 0.3) is 16.7 Å². The Bertz CT molecular complexity index is 768. The van der Waals surface area contributed by atoms with Gasteiger partial charge >= 0.3 is 0 Å². The molecule has 0 spiro atoms. The molecular formula is C17H13ClF2N2. The quantitative estimate of drug-likeness (QED) is 0.700. The molecule has 1 aromatic carbocycles. The topological polar surface area (TPSA) is 25.8 Å². The van der Waals surface area contributed by atoms with Gasteiger partial charge in [0.25, 0.3) is 0 Å². The summed E-state index contributed by atoms with van der Waals surface area (Å²) in [7, 11) is 0. The van der Waals surface area contributed by atoms with Crippen molar-refractivity contribution in [3.05, 3.63) is 77.6 Å². The number of halogens is 3. The van der Waals surface area contributed by atoms with Gasteiger partial charge in [0, 0.05) is 11.1 Å². The van der Waals surface area contributed by atoms with Crippen LogP contribution in [0.1, 0.15) is 11.3 Å². The molecule has 22 heavy (non-hydrogen) atoms. The standard InChI is InChI=1S/C17H13ClF2N2/c1-4-13(20)14(10(2)19)16-15(11(3)21-22-17(16)18)12-8-6-5-7-9-12/h4-9H,1-2H2,3H3. The fourth-order valence-corrected chi connectivity index (χ4v) is 2.40. The lowest BCUT2D eigenvalue weighted by molar-refractivity contribution is 0.643. The third-order valence-corrected chi connectivity index (χ3v) is 3.37. The van der Waals surface area contributed by atoms with Crippen molar-refractivity contribution < 1.29 is 8.78 Å². The normalized spacial score (nSPS) is 11.8. The summed E-state index contributed by atoms with van der Waals surface area (Å²) in [4.78, 5) is 0. The SMILES string of the molecule is C=CC(F)=C(C(=C)F)c1c(Cl)nnc(C)c1-c1ccccc1. The van der Waals surface area contributed by atoms with Crippen LogP contribution in [0.15, 0.2) is 61.2 Å². The monoisotopic (exact) mass is 318 g/mol. The predicted octanol–water partition coefficient (Wildman–Crippen LogP) is 5.46. The summed E-state index contributed by atoms with van der Waals surface area (Å²) in [5.74, 6) is -1.82. The maximum Gasteiger partial charge on any atom is 0.160 e. The summed E-state index contributed by atoms with van der Waals surface area (Å²) in [5, 5.41) is 7.59. The summed E-state index contributed by atoms with van der Waals surface area (Å²) in [6.45, 7) is 8.21. The van der Waals surface area contributed by atoms with Crippen LogP contribution in [-0.2, 0) is 0 Å². The predicted molar refractivity (Wildman–Crippen MR) is 85.7 cm³/mol. The first-order valence-corrected chi connectivity index (χ1v) is 6.80. The molecule has 0 N–H and O–H groups in total. The molecule has 2 rings (SSSR count). The Morgan fingerprint density at radius 3 is 2.36 bits per heavy atom. The molecule has 0 saturated carbocycles. The number of aromatic nitrogens is 2. The van der Waals surface area contributed by atoms with Crippen LogP contribution in [0.2, 0.25) is 5.15 Å². The molecule has 2 aromatic rings. The van der Waals surface area contributed by atoms with E-state index < -0.39 is 11.7 Å². The Labute approximate surface area is 132 Å². The minimum absolute atomic E-state index is 0.102. The van der Waals surface area contributed by atoms with Crippen LogP contribution in [0.5, 0.6) is 0 Å². The van der Waals surface area contributed by atoms with Crippen molar-refractivity contribution in [1.29, 1.82) is 0 Å². The van der Waals surface area contributed by atoms with Crippen molar-refractivity contribution in [3.8, 4) is 11.1 Å². The summed E-state index contributed by atoms with van der Waals surface area (Å²) in [6.07, 6.45) is 0.904. The second-order valence-corrected chi connectivity index (χ2v) is 4.88. The number of benzene rings is 1. The third-order valence-electron chi connectivity index (χ3n) is 3.11. The van der Waals surface area contributed by atoms with Crippen molar-refractivity contribution in [2.45, 2.75) is 6.92 Å². The van der Waals surface area contributed by atoms with Gasteiger partial charge in [0.05, 0.1) is 11.3 Å². The third kappa shape index (κ3) is 2.97. The van der Waals surface area contributed by atoms with Gasteiger partial charge in [-0.25, -0.2) is 8.78 Å². The molecule has 0 bridgehead atoms. The zero-order chi connectivity index (χ0) is 16.3. The van der Waals surface area contributed by atoms with Crippen LogP contribution in [0.3, 0.4) is 0 Å². The average Bonchev–Trinajstić information content (AvgIpc) is 2.51. The Morgan fingerprint density at radius 1 is 1.18 bits per heavy atom. The molecule has 1 heterocycles. The highest BCUT2D eigenvalue weighted by Gasteiger charge is 2.23. The molecular weight excluding hydrogens is 306 g/mol. The molecule has 0 unspecified atom stereocenters. The van der Waals surface area contributed by atoms with Gasteiger partial charge in [-0.2, -0.15) is 5.10 Å². The first-order valence-electron chi connectivity index (χ1n) is 6.43. The van der Waals surface area contributed by atoms with E-state index in [1.165, 1.54) is 0 Å². The average molecular weight is 319 g/mol.